The summed E-state index contributed by atoms with van der Waals surface area (Å²) in [7, 11) is 0. The summed E-state index contributed by atoms with van der Waals surface area (Å²) in [4.78, 5) is 26.7. The molecule has 2 N–H and O–H groups in total. The largest absolute Gasteiger partial charge is 0.476 e. The minimum absolute atomic E-state index is 0.147. The SMILES string of the molecule is CCCCC(CC)CNc1nc(C(=O)O)c(C(C)=O)s1. The normalized spacial score (nSPS) is 12.2. The van der Waals surface area contributed by atoms with Crippen LogP contribution in [0.5, 0.6) is 0 Å². The highest BCUT2D eigenvalue weighted by atomic mass is 32.1. The smallest absolute Gasteiger partial charge is 0.356 e. The van der Waals surface area contributed by atoms with E-state index in [2.05, 4.69) is 24.1 Å². The molecule has 0 saturated heterocycles. The summed E-state index contributed by atoms with van der Waals surface area (Å²) in [5.41, 5.74) is -0.147. The number of carbonyl (C=O) groups excluding carboxylic acids is 1. The van der Waals surface area contributed by atoms with Crippen LogP contribution in [0.15, 0.2) is 0 Å². The average Bonchev–Trinajstić information content (AvgIpc) is 2.83. The fraction of sp³-hybridized carbons (Fsp3) is 0.643. The number of hydrogen-bond donors (Lipinski definition) is 2. The number of hydrogen-bond acceptors (Lipinski definition) is 5. The lowest BCUT2D eigenvalue weighted by Crippen LogP contribution is -2.13. The molecule has 0 aliphatic rings. The molecule has 0 saturated carbocycles. The van der Waals surface area contributed by atoms with Crippen molar-refractivity contribution in [1.29, 1.82) is 0 Å². The third-order valence-electron chi connectivity index (χ3n) is 3.23. The Labute approximate surface area is 123 Å². The van der Waals surface area contributed by atoms with Crippen LogP contribution in [-0.2, 0) is 0 Å². The lowest BCUT2D eigenvalue weighted by atomic mass is 10.00. The molecule has 0 aromatic carbocycles. The molecule has 20 heavy (non-hydrogen) atoms. The van der Waals surface area contributed by atoms with Gasteiger partial charge in [0.1, 0.15) is 4.88 Å². The monoisotopic (exact) mass is 298 g/mol. The van der Waals surface area contributed by atoms with Gasteiger partial charge in [-0.15, -0.1) is 0 Å². The van der Waals surface area contributed by atoms with E-state index in [4.69, 9.17) is 5.11 Å². The van der Waals surface area contributed by atoms with Gasteiger partial charge in [0.25, 0.3) is 0 Å². The highest BCUT2D eigenvalue weighted by Gasteiger charge is 2.20. The number of nitrogens with one attached hydrogen (secondary N) is 1. The minimum Gasteiger partial charge on any atom is -0.476 e. The number of nitrogens with zero attached hydrogens (tertiary/aromatic N) is 1. The van der Waals surface area contributed by atoms with Gasteiger partial charge in [0.15, 0.2) is 16.6 Å². The van der Waals surface area contributed by atoms with Crippen molar-refractivity contribution in [3.8, 4) is 0 Å². The Morgan fingerprint density at radius 3 is 2.55 bits per heavy atom. The molecular weight excluding hydrogens is 276 g/mol. The quantitative estimate of drug-likeness (QED) is 0.680. The predicted molar refractivity (Wildman–Crippen MR) is 80.9 cm³/mol. The predicted octanol–water partition coefficient (Wildman–Crippen LogP) is 3.67. The molecule has 1 heterocycles. The van der Waals surface area contributed by atoms with E-state index >= 15 is 0 Å². The summed E-state index contributed by atoms with van der Waals surface area (Å²) in [5, 5.41) is 12.7. The number of anilines is 1. The number of thiazole rings is 1. The van der Waals surface area contributed by atoms with Gasteiger partial charge in [-0.2, -0.15) is 0 Å². The van der Waals surface area contributed by atoms with E-state index in [0.29, 0.717) is 11.0 Å². The van der Waals surface area contributed by atoms with Crippen LogP contribution in [0.3, 0.4) is 0 Å². The fourth-order valence-corrected chi connectivity index (χ4v) is 2.81. The second-order valence-corrected chi connectivity index (χ2v) is 5.85. The zero-order chi connectivity index (χ0) is 15.1. The van der Waals surface area contributed by atoms with Crippen LogP contribution in [0.25, 0.3) is 0 Å². The summed E-state index contributed by atoms with van der Waals surface area (Å²) in [6.07, 6.45) is 4.59. The Morgan fingerprint density at radius 1 is 1.40 bits per heavy atom. The summed E-state index contributed by atoms with van der Waals surface area (Å²) >= 11 is 1.12. The topological polar surface area (TPSA) is 79.3 Å². The molecule has 1 aromatic heterocycles. The Kier molecular flexibility index (Phi) is 6.64. The number of carboxylic acids is 1. The Morgan fingerprint density at radius 2 is 2.10 bits per heavy atom. The maximum Gasteiger partial charge on any atom is 0.356 e. The van der Waals surface area contributed by atoms with E-state index in [1.54, 1.807) is 0 Å². The first-order chi connectivity index (χ1) is 9.49. The third-order valence-corrected chi connectivity index (χ3v) is 4.35. The van der Waals surface area contributed by atoms with Gasteiger partial charge in [-0.3, -0.25) is 4.79 Å². The lowest BCUT2D eigenvalue weighted by Gasteiger charge is -2.14. The van der Waals surface area contributed by atoms with Gasteiger partial charge in [-0.25, -0.2) is 9.78 Å². The number of ketones is 1. The number of carbonyl (C=O) groups is 2. The maximum absolute atomic E-state index is 11.4. The van der Waals surface area contributed by atoms with E-state index in [0.717, 1.165) is 30.7 Å². The van der Waals surface area contributed by atoms with Crippen LogP contribution in [-0.4, -0.2) is 28.4 Å². The van der Waals surface area contributed by atoms with Crippen molar-refractivity contribution in [1.82, 2.24) is 4.98 Å². The fourth-order valence-electron chi connectivity index (χ4n) is 1.95. The molecule has 1 aromatic rings. The summed E-state index contributed by atoms with van der Waals surface area (Å²) in [6.45, 7) is 6.44. The molecule has 0 aliphatic carbocycles. The molecule has 6 heteroatoms. The molecule has 112 valence electrons. The van der Waals surface area contributed by atoms with Crippen LogP contribution in [0.1, 0.15) is 66.6 Å². The zero-order valence-electron chi connectivity index (χ0n) is 12.2. The van der Waals surface area contributed by atoms with Gasteiger partial charge in [-0.05, 0) is 12.3 Å². The van der Waals surface area contributed by atoms with Crippen LogP contribution in [0.2, 0.25) is 0 Å². The first-order valence-corrected chi connectivity index (χ1v) is 7.80. The molecule has 5 nitrogen and oxygen atoms in total. The highest BCUT2D eigenvalue weighted by Crippen LogP contribution is 2.24. The average molecular weight is 298 g/mol. The number of aromatic carboxylic acids is 1. The van der Waals surface area contributed by atoms with Crippen LogP contribution < -0.4 is 5.32 Å². The Hall–Kier alpha value is -1.43. The molecule has 0 amide bonds. The molecule has 0 fully saturated rings. The van der Waals surface area contributed by atoms with E-state index in [9.17, 15) is 9.59 Å². The summed E-state index contributed by atoms with van der Waals surface area (Å²) < 4.78 is 0. The van der Waals surface area contributed by atoms with Gasteiger partial charge in [-0.1, -0.05) is 44.4 Å². The van der Waals surface area contributed by atoms with Crippen molar-refractivity contribution in [3.05, 3.63) is 10.6 Å². The van der Waals surface area contributed by atoms with Crippen LogP contribution >= 0.6 is 11.3 Å². The van der Waals surface area contributed by atoms with Gasteiger partial charge >= 0.3 is 5.97 Å². The molecule has 0 radical (unpaired) electrons. The van der Waals surface area contributed by atoms with Gasteiger partial charge in [0, 0.05) is 13.5 Å². The molecular formula is C14H22N2O3S. The molecule has 1 atom stereocenters. The molecule has 0 bridgehead atoms. The number of aromatic nitrogens is 1. The second-order valence-electron chi connectivity index (χ2n) is 4.86. The molecule has 0 aliphatic heterocycles. The van der Waals surface area contributed by atoms with E-state index in [-0.39, 0.29) is 16.4 Å². The van der Waals surface area contributed by atoms with Crippen LogP contribution in [0.4, 0.5) is 5.13 Å². The molecule has 1 rings (SSSR count). The van der Waals surface area contributed by atoms with Gasteiger partial charge in [0.05, 0.1) is 0 Å². The second kappa shape index (κ2) is 7.99. The van der Waals surface area contributed by atoms with E-state index in [1.807, 2.05) is 0 Å². The number of rotatable bonds is 9. The van der Waals surface area contributed by atoms with Crippen molar-refractivity contribution in [3.63, 3.8) is 0 Å². The Bertz CT molecular complexity index is 439. The number of Topliss-reactive ketones (excluding diaryl/α,β-unsaturated/α-hetero) is 1. The van der Waals surface area contributed by atoms with E-state index in [1.165, 1.54) is 19.8 Å². The van der Waals surface area contributed by atoms with Crippen molar-refractivity contribution < 1.29 is 14.7 Å². The summed E-state index contributed by atoms with van der Waals surface area (Å²) in [5.74, 6) is -0.864. The van der Waals surface area contributed by atoms with Crippen LogP contribution in [0, 0.1) is 5.92 Å². The third kappa shape index (κ3) is 4.59. The lowest BCUT2D eigenvalue weighted by molar-refractivity contribution is 0.0687. The van der Waals surface area contributed by atoms with Gasteiger partial charge in [0.2, 0.25) is 0 Å². The van der Waals surface area contributed by atoms with Crippen molar-refractivity contribution >= 4 is 28.2 Å². The highest BCUT2D eigenvalue weighted by molar-refractivity contribution is 7.17. The standard InChI is InChI=1S/C14H22N2O3S/c1-4-6-7-10(5-2)8-15-14-16-11(13(18)19)12(20-14)9(3)17/h10H,4-8H2,1-3H3,(H,15,16)(H,18,19). The van der Waals surface area contributed by atoms with E-state index < -0.39 is 5.97 Å². The molecule has 0 spiro atoms. The van der Waals surface area contributed by atoms with Crippen molar-refractivity contribution in [2.24, 2.45) is 5.92 Å². The number of carboxylic acid groups (broad SMARTS) is 1. The minimum atomic E-state index is -1.16. The van der Waals surface area contributed by atoms with Crippen molar-refractivity contribution in [2.45, 2.75) is 46.5 Å². The molecule has 1 unspecified atom stereocenters. The summed E-state index contributed by atoms with van der Waals surface area (Å²) in [6, 6.07) is 0. The maximum atomic E-state index is 11.4. The first kappa shape index (κ1) is 16.6. The Balaban J connectivity index is 2.70. The van der Waals surface area contributed by atoms with Crippen molar-refractivity contribution in [2.75, 3.05) is 11.9 Å². The van der Waals surface area contributed by atoms with Gasteiger partial charge < -0.3 is 10.4 Å². The first-order valence-electron chi connectivity index (χ1n) is 6.98. The zero-order valence-corrected chi connectivity index (χ0v) is 13.0. The number of unbranched alkanes of at least 4 members (excludes halogenated alkanes) is 1.